The maximum atomic E-state index is 12.5. The third kappa shape index (κ3) is 3.13. The minimum atomic E-state index is -4.24. The molecule has 2 N–H and O–H groups in total. The van der Waals surface area contributed by atoms with Gasteiger partial charge in [-0.1, -0.05) is 11.6 Å². The molecule has 1 aromatic heterocycles. The van der Waals surface area contributed by atoms with Gasteiger partial charge in [0.15, 0.2) is 6.61 Å². The van der Waals surface area contributed by atoms with Crippen LogP contribution in [0.1, 0.15) is 0 Å². The quantitative estimate of drug-likeness (QED) is 0.845. The van der Waals surface area contributed by atoms with Crippen molar-refractivity contribution in [2.24, 2.45) is 0 Å². The number of nitrogens with zero attached hydrogens (tertiary/aromatic N) is 1. The highest BCUT2D eigenvalue weighted by Gasteiger charge is 2.42. The molecule has 1 heterocycles. The molecule has 3 nitrogen and oxygen atoms in total. The van der Waals surface area contributed by atoms with Crippen LogP contribution in [-0.4, -0.2) is 23.9 Å². The van der Waals surface area contributed by atoms with Crippen molar-refractivity contribution >= 4 is 17.3 Å². The summed E-state index contributed by atoms with van der Waals surface area (Å²) in [5, 5.41) is -0.120. The third-order valence-electron chi connectivity index (χ3n) is 1.55. The first-order chi connectivity index (χ1) is 7.33. The number of pyridine rings is 1. The van der Waals surface area contributed by atoms with Crippen LogP contribution in [0.5, 0.6) is 5.88 Å². The fraction of sp³-hybridized carbons (Fsp3) is 0.375. The van der Waals surface area contributed by atoms with Crippen LogP contribution < -0.4 is 10.5 Å². The van der Waals surface area contributed by atoms with Gasteiger partial charge in [0.05, 0.1) is 11.9 Å². The molecule has 0 aliphatic heterocycles. The second kappa shape index (κ2) is 4.73. The molecular weight excluding hydrogens is 252 g/mol. The topological polar surface area (TPSA) is 48.1 Å². The molecule has 16 heavy (non-hydrogen) atoms. The van der Waals surface area contributed by atoms with Gasteiger partial charge in [-0.15, -0.1) is 0 Å². The van der Waals surface area contributed by atoms with E-state index in [0.717, 1.165) is 6.20 Å². The Balaban J connectivity index is 2.68. The molecule has 8 heteroatoms. The number of halogens is 5. The van der Waals surface area contributed by atoms with Gasteiger partial charge in [-0.2, -0.15) is 8.78 Å². The van der Waals surface area contributed by atoms with Crippen LogP contribution in [0.2, 0.25) is 5.02 Å². The molecule has 0 aromatic carbocycles. The Morgan fingerprint density at radius 2 is 2.12 bits per heavy atom. The number of aromatic nitrogens is 1. The van der Waals surface area contributed by atoms with Crippen LogP contribution in [0.3, 0.4) is 0 Å². The molecule has 0 unspecified atom stereocenters. The summed E-state index contributed by atoms with van der Waals surface area (Å²) >= 11 is 5.54. The number of nitrogen functional groups attached to an aromatic ring is 1. The predicted octanol–water partition coefficient (Wildman–Crippen LogP) is 2.60. The first-order valence-electron chi connectivity index (χ1n) is 4.02. The molecule has 0 saturated carbocycles. The summed E-state index contributed by atoms with van der Waals surface area (Å²) in [6.45, 7) is -1.50. The second-order valence-corrected chi connectivity index (χ2v) is 3.31. The first kappa shape index (κ1) is 12.8. The Hall–Kier alpha value is -1.24. The van der Waals surface area contributed by atoms with E-state index in [1.54, 1.807) is 0 Å². The molecule has 0 saturated heterocycles. The van der Waals surface area contributed by atoms with Gasteiger partial charge < -0.3 is 10.5 Å². The zero-order valence-corrected chi connectivity index (χ0v) is 8.52. The van der Waals surface area contributed by atoms with Gasteiger partial charge >= 0.3 is 12.3 Å². The number of anilines is 1. The lowest BCUT2D eigenvalue weighted by Crippen LogP contribution is -2.33. The summed E-state index contributed by atoms with van der Waals surface area (Å²) in [6.07, 6.45) is -2.69. The van der Waals surface area contributed by atoms with E-state index in [9.17, 15) is 17.6 Å². The Kier molecular flexibility index (Phi) is 3.79. The van der Waals surface area contributed by atoms with Crippen molar-refractivity contribution in [3.8, 4) is 5.88 Å². The monoisotopic (exact) mass is 258 g/mol. The van der Waals surface area contributed by atoms with Crippen molar-refractivity contribution in [2.75, 3.05) is 12.3 Å². The molecule has 0 fully saturated rings. The Morgan fingerprint density at radius 3 is 2.62 bits per heavy atom. The largest absolute Gasteiger partial charge is 0.470 e. The molecule has 0 bridgehead atoms. The van der Waals surface area contributed by atoms with Crippen LogP contribution in [0, 0.1) is 0 Å². The third-order valence-corrected chi connectivity index (χ3v) is 1.82. The smallest absolute Gasteiger partial charge is 0.340 e. The molecule has 90 valence electrons. The second-order valence-electron chi connectivity index (χ2n) is 2.91. The van der Waals surface area contributed by atoms with Crippen LogP contribution in [0.4, 0.5) is 23.2 Å². The highest BCUT2D eigenvalue weighted by atomic mass is 35.5. The van der Waals surface area contributed by atoms with E-state index >= 15 is 0 Å². The van der Waals surface area contributed by atoms with E-state index in [1.807, 2.05) is 0 Å². The summed E-state index contributed by atoms with van der Waals surface area (Å²) < 4.78 is 52.9. The van der Waals surface area contributed by atoms with Crippen molar-refractivity contribution in [3.63, 3.8) is 0 Å². The molecular formula is C8H7ClF4N2O. The maximum absolute atomic E-state index is 12.5. The summed E-state index contributed by atoms with van der Waals surface area (Å²) in [5.74, 6) is -4.61. The van der Waals surface area contributed by atoms with E-state index in [1.165, 1.54) is 6.07 Å². The highest BCUT2D eigenvalue weighted by molar-refractivity contribution is 6.32. The minimum Gasteiger partial charge on any atom is -0.470 e. The fourth-order valence-electron chi connectivity index (χ4n) is 0.774. The molecule has 0 aliphatic rings. The fourth-order valence-corrected chi connectivity index (χ4v) is 1.00. The zero-order valence-electron chi connectivity index (χ0n) is 7.76. The van der Waals surface area contributed by atoms with Gasteiger partial charge in [0.25, 0.3) is 0 Å². The van der Waals surface area contributed by atoms with Gasteiger partial charge in [0.2, 0.25) is 5.88 Å². The van der Waals surface area contributed by atoms with E-state index in [-0.39, 0.29) is 16.6 Å². The standard InChI is InChI=1S/C8H7ClF4N2O/c9-5-1-4(14)2-15-6(5)16-3-8(12,13)7(10)11/h1-2,7H,3,14H2. The maximum Gasteiger partial charge on any atom is 0.340 e. The summed E-state index contributed by atoms with van der Waals surface area (Å²) in [6, 6.07) is 1.21. The number of nitrogens with two attached hydrogens (primary N) is 1. The highest BCUT2D eigenvalue weighted by Crippen LogP contribution is 2.27. The lowest BCUT2D eigenvalue weighted by molar-refractivity contribution is -0.148. The first-order valence-corrected chi connectivity index (χ1v) is 4.40. The molecule has 0 radical (unpaired) electrons. The van der Waals surface area contributed by atoms with Gasteiger partial charge in [-0.3, -0.25) is 0 Å². The van der Waals surface area contributed by atoms with Crippen molar-refractivity contribution < 1.29 is 22.3 Å². The molecule has 0 aliphatic carbocycles. The SMILES string of the molecule is Nc1cnc(OCC(F)(F)C(F)F)c(Cl)c1. The number of hydrogen-bond donors (Lipinski definition) is 1. The molecule has 0 atom stereocenters. The van der Waals surface area contributed by atoms with Gasteiger partial charge in [-0.05, 0) is 6.07 Å². The number of hydrogen-bond acceptors (Lipinski definition) is 3. The number of ether oxygens (including phenoxy) is 1. The van der Waals surface area contributed by atoms with Crippen LogP contribution in [0.15, 0.2) is 12.3 Å². The van der Waals surface area contributed by atoms with Gasteiger partial charge in [0.1, 0.15) is 5.02 Å². The molecule has 0 spiro atoms. The predicted molar refractivity (Wildman–Crippen MR) is 50.1 cm³/mol. The van der Waals surface area contributed by atoms with E-state index < -0.39 is 19.0 Å². The lowest BCUT2D eigenvalue weighted by Gasteiger charge is -2.15. The average Bonchev–Trinajstić information content (AvgIpc) is 2.16. The number of rotatable bonds is 4. The minimum absolute atomic E-state index is 0.120. The van der Waals surface area contributed by atoms with E-state index in [0.29, 0.717) is 0 Å². The molecule has 0 amide bonds. The van der Waals surface area contributed by atoms with Gasteiger partial charge in [-0.25, -0.2) is 13.8 Å². The molecule has 1 rings (SSSR count). The Morgan fingerprint density at radius 1 is 1.50 bits per heavy atom. The van der Waals surface area contributed by atoms with E-state index in [2.05, 4.69) is 9.72 Å². The molecule has 1 aromatic rings. The van der Waals surface area contributed by atoms with Crippen LogP contribution >= 0.6 is 11.6 Å². The Bertz CT molecular complexity index is 375. The van der Waals surface area contributed by atoms with Crippen molar-refractivity contribution in [2.45, 2.75) is 12.3 Å². The van der Waals surface area contributed by atoms with Crippen LogP contribution in [-0.2, 0) is 0 Å². The summed E-state index contributed by atoms with van der Waals surface area (Å²) in [7, 11) is 0. The zero-order chi connectivity index (χ0) is 12.3. The summed E-state index contributed by atoms with van der Waals surface area (Å²) in [4.78, 5) is 3.48. The van der Waals surface area contributed by atoms with Gasteiger partial charge in [0, 0.05) is 0 Å². The van der Waals surface area contributed by atoms with Crippen LogP contribution in [0.25, 0.3) is 0 Å². The van der Waals surface area contributed by atoms with Crippen molar-refractivity contribution in [3.05, 3.63) is 17.3 Å². The lowest BCUT2D eigenvalue weighted by atomic mass is 10.4. The van der Waals surface area contributed by atoms with E-state index in [4.69, 9.17) is 17.3 Å². The number of alkyl halides is 4. The average molecular weight is 259 g/mol. The summed E-state index contributed by atoms with van der Waals surface area (Å²) in [5.41, 5.74) is 5.49. The Labute approximate surface area is 93.2 Å². The normalized spacial score (nSPS) is 11.9. The van der Waals surface area contributed by atoms with Crippen molar-refractivity contribution in [1.82, 2.24) is 4.98 Å². The van der Waals surface area contributed by atoms with Crippen molar-refractivity contribution in [1.29, 1.82) is 0 Å².